The second-order valence-electron chi connectivity index (χ2n) is 4.63. The van der Waals surface area contributed by atoms with E-state index in [-0.39, 0.29) is 0 Å². The molecule has 1 aromatic carbocycles. The zero-order chi connectivity index (χ0) is 11.9. The Morgan fingerprint density at radius 3 is 2.88 bits per heavy atom. The number of nitrogens with one attached hydrogen (secondary N) is 2. The Balaban J connectivity index is 1.80. The van der Waals surface area contributed by atoms with E-state index in [2.05, 4.69) is 34.9 Å². The fraction of sp³-hybridized carbons (Fsp3) is 0.571. The SMILES string of the molecule is COCc1ccccc1CNCC1CCCN1. The molecule has 3 heteroatoms. The molecule has 0 aliphatic carbocycles. The molecule has 1 saturated heterocycles. The molecule has 0 saturated carbocycles. The number of methoxy groups -OCH3 is 1. The van der Waals surface area contributed by atoms with E-state index in [1.54, 1.807) is 7.11 Å². The lowest BCUT2D eigenvalue weighted by molar-refractivity contribution is 0.184. The minimum absolute atomic E-state index is 0.657. The van der Waals surface area contributed by atoms with Crippen LogP contribution in [0.1, 0.15) is 24.0 Å². The number of ether oxygens (including phenoxy) is 1. The van der Waals surface area contributed by atoms with Crippen molar-refractivity contribution in [1.29, 1.82) is 0 Å². The third-order valence-corrected chi connectivity index (χ3v) is 3.29. The van der Waals surface area contributed by atoms with Crippen molar-refractivity contribution < 1.29 is 4.74 Å². The molecule has 94 valence electrons. The summed E-state index contributed by atoms with van der Waals surface area (Å²) in [5.74, 6) is 0. The molecule has 2 rings (SSSR count). The molecule has 0 radical (unpaired) electrons. The van der Waals surface area contributed by atoms with E-state index in [1.165, 1.54) is 30.5 Å². The fourth-order valence-electron chi connectivity index (χ4n) is 2.34. The minimum atomic E-state index is 0.657. The molecule has 0 amide bonds. The lowest BCUT2D eigenvalue weighted by Crippen LogP contribution is -2.33. The van der Waals surface area contributed by atoms with Gasteiger partial charge in [-0.2, -0.15) is 0 Å². The van der Waals surface area contributed by atoms with E-state index in [0.29, 0.717) is 12.6 Å². The Labute approximate surface area is 104 Å². The zero-order valence-corrected chi connectivity index (χ0v) is 10.5. The molecule has 1 unspecified atom stereocenters. The predicted molar refractivity (Wildman–Crippen MR) is 69.9 cm³/mol. The maximum absolute atomic E-state index is 5.21. The van der Waals surface area contributed by atoms with Crippen LogP contribution < -0.4 is 10.6 Å². The summed E-state index contributed by atoms with van der Waals surface area (Å²) in [6.07, 6.45) is 2.61. The monoisotopic (exact) mass is 234 g/mol. The second kappa shape index (κ2) is 6.74. The molecule has 1 fully saturated rings. The standard InChI is InChI=1S/C14H22N2O/c1-17-11-13-6-3-2-5-12(13)9-15-10-14-7-4-8-16-14/h2-3,5-6,14-16H,4,7-11H2,1H3. The van der Waals surface area contributed by atoms with Crippen molar-refractivity contribution in [2.75, 3.05) is 20.2 Å². The van der Waals surface area contributed by atoms with Crippen molar-refractivity contribution in [2.45, 2.75) is 32.0 Å². The number of benzene rings is 1. The van der Waals surface area contributed by atoms with Gasteiger partial charge in [-0.25, -0.2) is 0 Å². The van der Waals surface area contributed by atoms with Gasteiger partial charge in [0.1, 0.15) is 0 Å². The smallest absolute Gasteiger partial charge is 0.0716 e. The summed E-state index contributed by atoms with van der Waals surface area (Å²) in [6.45, 7) is 3.85. The summed E-state index contributed by atoms with van der Waals surface area (Å²) in [7, 11) is 1.74. The first-order valence-electron chi connectivity index (χ1n) is 6.40. The van der Waals surface area contributed by atoms with Crippen LogP contribution in [0.4, 0.5) is 0 Å². The quantitative estimate of drug-likeness (QED) is 0.785. The molecule has 1 heterocycles. The van der Waals surface area contributed by atoms with E-state index in [9.17, 15) is 0 Å². The maximum atomic E-state index is 5.21. The van der Waals surface area contributed by atoms with Gasteiger partial charge in [0.05, 0.1) is 6.61 Å². The van der Waals surface area contributed by atoms with Gasteiger partial charge >= 0.3 is 0 Å². The molecular formula is C14H22N2O. The largest absolute Gasteiger partial charge is 0.380 e. The van der Waals surface area contributed by atoms with Crippen molar-refractivity contribution in [3.63, 3.8) is 0 Å². The van der Waals surface area contributed by atoms with Crippen molar-refractivity contribution in [3.05, 3.63) is 35.4 Å². The van der Waals surface area contributed by atoms with Gasteiger partial charge in [0.2, 0.25) is 0 Å². The Morgan fingerprint density at radius 1 is 1.35 bits per heavy atom. The molecular weight excluding hydrogens is 212 g/mol. The Hall–Kier alpha value is -0.900. The molecule has 1 aliphatic heterocycles. The van der Waals surface area contributed by atoms with Crippen LogP contribution in [0.2, 0.25) is 0 Å². The predicted octanol–water partition coefficient (Wildman–Crippen LogP) is 1.67. The number of hydrogen-bond acceptors (Lipinski definition) is 3. The van der Waals surface area contributed by atoms with Crippen LogP contribution in [-0.2, 0) is 17.9 Å². The maximum Gasteiger partial charge on any atom is 0.0716 e. The van der Waals surface area contributed by atoms with E-state index in [0.717, 1.165) is 13.1 Å². The highest BCUT2D eigenvalue weighted by Crippen LogP contribution is 2.10. The molecule has 2 N–H and O–H groups in total. The average molecular weight is 234 g/mol. The van der Waals surface area contributed by atoms with Gasteiger partial charge in [0.25, 0.3) is 0 Å². The van der Waals surface area contributed by atoms with Crippen LogP contribution in [0.3, 0.4) is 0 Å². The first-order chi connectivity index (χ1) is 8.40. The van der Waals surface area contributed by atoms with Gasteiger partial charge in [-0.05, 0) is 30.5 Å². The first kappa shape index (κ1) is 12.6. The summed E-state index contributed by atoms with van der Waals surface area (Å²) >= 11 is 0. The molecule has 0 bridgehead atoms. The van der Waals surface area contributed by atoms with Crippen molar-refractivity contribution in [3.8, 4) is 0 Å². The van der Waals surface area contributed by atoms with Crippen LogP contribution in [0.5, 0.6) is 0 Å². The number of hydrogen-bond donors (Lipinski definition) is 2. The van der Waals surface area contributed by atoms with Gasteiger partial charge in [-0.1, -0.05) is 24.3 Å². The summed E-state index contributed by atoms with van der Waals surface area (Å²) in [5, 5.41) is 7.02. The van der Waals surface area contributed by atoms with Gasteiger partial charge in [0, 0.05) is 26.2 Å². The summed E-state index contributed by atoms with van der Waals surface area (Å²) in [4.78, 5) is 0. The normalized spacial score (nSPS) is 19.7. The minimum Gasteiger partial charge on any atom is -0.380 e. The third kappa shape index (κ3) is 3.80. The Bertz CT molecular complexity index is 335. The van der Waals surface area contributed by atoms with Crippen LogP contribution in [0.15, 0.2) is 24.3 Å². The van der Waals surface area contributed by atoms with Crippen molar-refractivity contribution >= 4 is 0 Å². The third-order valence-electron chi connectivity index (χ3n) is 3.29. The van der Waals surface area contributed by atoms with Crippen LogP contribution in [-0.4, -0.2) is 26.2 Å². The fourth-order valence-corrected chi connectivity index (χ4v) is 2.34. The van der Waals surface area contributed by atoms with E-state index in [1.807, 2.05) is 0 Å². The highest BCUT2D eigenvalue weighted by atomic mass is 16.5. The van der Waals surface area contributed by atoms with Crippen molar-refractivity contribution in [2.24, 2.45) is 0 Å². The second-order valence-corrected chi connectivity index (χ2v) is 4.63. The summed E-state index contributed by atoms with van der Waals surface area (Å²) in [5.41, 5.74) is 2.62. The first-order valence-corrected chi connectivity index (χ1v) is 6.40. The molecule has 0 aromatic heterocycles. The van der Waals surface area contributed by atoms with E-state index in [4.69, 9.17) is 4.74 Å². The van der Waals surface area contributed by atoms with E-state index >= 15 is 0 Å². The highest BCUT2D eigenvalue weighted by Gasteiger charge is 2.12. The molecule has 1 aliphatic rings. The lowest BCUT2D eigenvalue weighted by atomic mass is 10.1. The Morgan fingerprint density at radius 2 is 2.18 bits per heavy atom. The van der Waals surface area contributed by atoms with Crippen LogP contribution in [0, 0.1) is 0 Å². The lowest BCUT2D eigenvalue weighted by Gasteiger charge is -2.13. The van der Waals surface area contributed by atoms with Gasteiger partial charge in [-0.3, -0.25) is 0 Å². The van der Waals surface area contributed by atoms with Gasteiger partial charge in [0.15, 0.2) is 0 Å². The summed E-state index contributed by atoms with van der Waals surface area (Å²) in [6, 6.07) is 9.11. The molecule has 3 nitrogen and oxygen atoms in total. The van der Waals surface area contributed by atoms with Crippen molar-refractivity contribution in [1.82, 2.24) is 10.6 Å². The molecule has 1 aromatic rings. The van der Waals surface area contributed by atoms with E-state index < -0.39 is 0 Å². The summed E-state index contributed by atoms with van der Waals surface area (Å²) < 4.78 is 5.21. The van der Waals surface area contributed by atoms with Gasteiger partial charge < -0.3 is 15.4 Å². The van der Waals surface area contributed by atoms with Gasteiger partial charge in [-0.15, -0.1) is 0 Å². The zero-order valence-electron chi connectivity index (χ0n) is 10.5. The average Bonchev–Trinajstić information content (AvgIpc) is 2.85. The number of rotatable bonds is 6. The van der Waals surface area contributed by atoms with Crippen LogP contribution in [0.25, 0.3) is 0 Å². The van der Waals surface area contributed by atoms with Crippen LogP contribution >= 0.6 is 0 Å². The molecule has 0 spiro atoms. The molecule has 1 atom stereocenters. The molecule has 17 heavy (non-hydrogen) atoms. The topological polar surface area (TPSA) is 33.3 Å². The highest BCUT2D eigenvalue weighted by molar-refractivity contribution is 5.26. The Kier molecular flexibility index (Phi) is 4.98.